The Morgan fingerprint density at radius 2 is 2.16 bits per heavy atom. The second kappa shape index (κ2) is 6.48. The molecule has 1 aromatic carbocycles. The second-order valence-electron chi connectivity index (χ2n) is 4.48. The second-order valence-corrected chi connectivity index (χ2v) is 5.40. The van der Waals surface area contributed by atoms with Crippen molar-refractivity contribution in [3.63, 3.8) is 0 Å². The van der Waals surface area contributed by atoms with E-state index < -0.39 is 23.3 Å². The van der Waals surface area contributed by atoms with E-state index in [2.05, 4.69) is 15.9 Å². The summed E-state index contributed by atoms with van der Waals surface area (Å²) < 4.78 is 19.5. The summed E-state index contributed by atoms with van der Waals surface area (Å²) in [6.45, 7) is 5.11. The van der Waals surface area contributed by atoms with E-state index in [1.807, 2.05) is 0 Å². The van der Waals surface area contributed by atoms with Crippen molar-refractivity contribution in [3.8, 4) is 0 Å². The van der Waals surface area contributed by atoms with Gasteiger partial charge in [0.25, 0.3) is 0 Å². The van der Waals surface area contributed by atoms with Crippen LogP contribution in [-0.2, 0) is 15.1 Å². The summed E-state index contributed by atoms with van der Waals surface area (Å²) in [5, 5.41) is 10.6. The minimum Gasteiger partial charge on any atom is -0.466 e. The normalized spacial score (nSPS) is 15.7. The van der Waals surface area contributed by atoms with Gasteiger partial charge in [0.1, 0.15) is 11.4 Å². The van der Waals surface area contributed by atoms with Gasteiger partial charge in [-0.1, -0.05) is 22.9 Å². The SMILES string of the molecule is CCOC(=O)C(CC)C(C)(O)c1cc(Br)ccc1F. The van der Waals surface area contributed by atoms with E-state index in [9.17, 15) is 14.3 Å². The maximum Gasteiger partial charge on any atom is 0.312 e. The number of esters is 1. The van der Waals surface area contributed by atoms with Crippen LogP contribution in [0.5, 0.6) is 0 Å². The first-order valence-electron chi connectivity index (χ1n) is 6.19. The zero-order chi connectivity index (χ0) is 14.6. The Balaban J connectivity index is 3.19. The van der Waals surface area contributed by atoms with Crippen LogP contribution in [0.1, 0.15) is 32.8 Å². The van der Waals surface area contributed by atoms with Crippen molar-refractivity contribution in [1.29, 1.82) is 0 Å². The lowest BCUT2D eigenvalue weighted by Gasteiger charge is -2.31. The van der Waals surface area contributed by atoms with Crippen molar-refractivity contribution in [2.45, 2.75) is 32.8 Å². The molecule has 1 aromatic rings. The largest absolute Gasteiger partial charge is 0.466 e. The number of halogens is 2. The van der Waals surface area contributed by atoms with Crippen LogP contribution in [0.25, 0.3) is 0 Å². The Bertz CT molecular complexity index is 460. The van der Waals surface area contributed by atoms with Crippen molar-refractivity contribution < 1.29 is 19.0 Å². The molecular formula is C14H18BrFO3. The average molecular weight is 333 g/mol. The molecule has 0 amide bonds. The van der Waals surface area contributed by atoms with Gasteiger partial charge in [-0.3, -0.25) is 4.79 Å². The summed E-state index contributed by atoms with van der Waals surface area (Å²) in [6.07, 6.45) is 0.359. The highest BCUT2D eigenvalue weighted by Gasteiger charge is 2.40. The molecule has 1 rings (SSSR count). The highest BCUT2D eigenvalue weighted by molar-refractivity contribution is 9.10. The molecule has 2 unspecified atom stereocenters. The fraction of sp³-hybridized carbons (Fsp3) is 0.500. The highest BCUT2D eigenvalue weighted by Crippen LogP contribution is 2.35. The zero-order valence-corrected chi connectivity index (χ0v) is 12.8. The highest BCUT2D eigenvalue weighted by atomic mass is 79.9. The third-order valence-corrected chi connectivity index (χ3v) is 3.62. The van der Waals surface area contributed by atoms with Crippen molar-refractivity contribution in [2.24, 2.45) is 5.92 Å². The van der Waals surface area contributed by atoms with Crippen LogP contribution in [0.3, 0.4) is 0 Å². The number of carbonyl (C=O) groups excluding carboxylic acids is 1. The van der Waals surface area contributed by atoms with E-state index in [0.29, 0.717) is 10.9 Å². The van der Waals surface area contributed by atoms with Gasteiger partial charge in [-0.05, 0) is 38.5 Å². The van der Waals surface area contributed by atoms with Gasteiger partial charge in [0.15, 0.2) is 0 Å². The van der Waals surface area contributed by atoms with Crippen LogP contribution in [0, 0.1) is 11.7 Å². The molecule has 0 saturated heterocycles. The lowest BCUT2D eigenvalue weighted by atomic mass is 9.81. The van der Waals surface area contributed by atoms with Crippen molar-refractivity contribution in [1.82, 2.24) is 0 Å². The standard InChI is InChI=1S/C14H18BrFO3/c1-4-10(13(17)19-5-2)14(3,18)11-8-9(15)6-7-12(11)16/h6-8,10,18H,4-5H2,1-3H3. The molecule has 0 saturated carbocycles. The molecule has 3 nitrogen and oxygen atoms in total. The molecule has 2 atom stereocenters. The first-order chi connectivity index (χ1) is 8.84. The molecule has 0 heterocycles. The predicted molar refractivity (Wildman–Crippen MR) is 74.1 cm³/mol. The first kappa shape index (κ1) is 16.1. The molecule has 106 valence electrons. The lowest BCUT2D eigenvalue weighted by Crippen LogP contribution is -2.38. The minimum atomic E-state index is -1.62. The quantitative estimate of drug-likeness (QED) is 0.841. The average Bonchev–Trinajstić information content (AvgIpc) is 2.33. The fourth-order valence-corrected chi connectivity index (χ4v) is 2.47. The van der Waals surface area contributed by atoms with Crippen molar-refractivity contribution in [3.05, 3.63) is 34.1 Å². The molecule has 0 bridgehead atoms. The third kappa shape index (κ3) is 3.54. The topological polar surface area (TPSA) is 46.5 Å². The Hall–Kier alpha value is -0.940. The van der Waals surface area contributed by atoms with Crippen LogP contribution in [-0.4, -0.2) is 17.7 Å². The molecular weight excluding hydrogens is 315 g/mol. The fourth-order valence-electron chi connectivity index (χ4n) is 2.11. The van der Waals surface area contributed by atoms with Crippen molar-refractivity contribution >= 4 is 21.9 Å². The molecule has 19 heavy (non-hydrogen) atoms. The molecule has 0 fully saturated rings. The number of ether oxygens (including phenoxy) is 1. The van der Waals surface area contributed by atoms with Gasteiger partial charge in [-0.15, -0.1) is 0 Å². The van der Waals surface area contributed by atoms with E-state index in [1.165, 1.54) is 19.1 Å². The first-order valence-corrected chi connectivity index (χ1v) is 6.98. The summed E-state index contributed by atoms with van der Waals surface area (Å²) in [5.41, 5.74) is -1.53. The molecule has 0 aliphatic rings. The van der Waals surface area contributed by atoms with Gasteiger partial charge < -0.3 is 9.84 Å². The van der Waals surface area contributed by atoms with Crippen LogP contribution in [0.4, 0.5) is 4.39 Å². The van der Waals surface area contributed by atoms with Gasteiger partial charge in [0, 0.05) is 10.0 Å². The van der Waals surface area contributed by atoms with Crippen LogP contribution >= 0.6 is 15.9 Å². The molecule has 1 N–H and O–H groups in total. The Labute approximate surface area is 120 Å². The Morgan fingerprint density at radius 1 is 1.53 bits per heavy atom. The summed E-state index contributed by atoms with van der Waals surface area (Å²) in [4.78, 5) is 11.9. The summed E-state index contributed by atoms with van der Waals surface area (Å²) in [5.74, 6) is -1.87. The number of aliphatic hydroxyl groups is 1. The van der Waals surface area contributed by atoms with Gasteiger partial charge in [0.05, 0.1) is 12.5 Å². The van der Waals surface area contributed by atoms with E-state index in [1.54, 1.807) is 19.9 Å². The van der Waals surface area contributed by atoms with Crippen molar-refractivity contribution in [2.75, 3.05) is 6.61 Å². The number of rotatable bonds is 5. The van der Waals surface area contributed by atoms with Crippen LogP contribution < -0.4 is 0 Å². The summed E-state index contributed by atoms with van der Waals surface area (Å²) in [7, 11) is 0. The summed E-state index contributed by atoms with van der Waals surface area (Å²) in [6, 6.07) is 4.28. The monoisotopic (exact) mass is 332 g/mol. The van der Waals surface area contributed by atoms with Gasteiger partial charge in [-0.25, -0.2) is 4.39 Å². The Morgan fingerprint density at radius 3 is 2.68 bits per heavy atom. The van der Waals surface area contributed by atoms with Crippen LogP contribution in [0.15, 0.2) is 22.7 Å². The van der Waals surface area contributed by atoms with Gasteiger partial charge >= 0.3 is 5.97 Å². The number of carbonyl (C=O) groups is 1. The van der Waals surface area contributed by atoms with E-state index in [4.69, 9.17) is 4.74 Å². The smallest absolute Gasteiger partial charge is 0.312 e. The maximum absolute atomic E-state index is 13.9. The summed E-state index contributed by atoms with van der Waals surface area (Å²) >= 11 is 3.23. The molecule has 5 heteroatoms. The molecule has 0 aliphatic heterocycles. The maximum atomic E-state index is 13.9. The van der Waals surface area contributed by atoms with E-state index in [-0.39, 0.29) is 12.2 Å². The van der Waals surface area contributed by atoms with Gasteiger partial charge in [0.2, 0.25) is 0 Å². The lowest BCUT2D eigenvalue weighted by molar-refractivity contribution is -0.158. The van der Waals surface area contributed by atoms with Gasteiger partial charge in [-0.2, -0.15) is 0 Å². The zero-order valence-electron chi connectivity index (χ0n) is 11.2. The number of benzene rings is 1. The van der Waals surface area contributed by atoms with Crippen LogP contribution in [0.2, 0.25) is 0 Å². The Kier molecular flexibility index (Phi) is 5.50. The number of hydrogen-bond acceptors (Lipinski definition) is 3. The third-order valence-electron chi connectivity index (χ3n) is 3.13. The molecule has 0 aliphatic carbocycles. The predicted octanol–water partition coefficient (Wildman–Crippen LogP) is 3.39. The molecule has 0 radical (unpaired) electrons. The number of hydrogen-bond donors (Lipinski definition) is 1. The molecule has 0 spiro atoms. The van der Waals surface area contributed by atoms with E-state index in [0.717, 1.165) is 0 Å². The minimum absolute atomic E-state index is 0.0850. The molecule has 0 aromatic heterocycles. The van der Waals surface area contributed by atoms with E-state index >= 15 is 0 Å².